The summed E-state index contributed by atoms with van der Waals surface area (Å²) in [6, 6.07) is 7.66. The van der Waals surface area contributed by atoms with Gasteiger partial charge in [0, 0.05) is 13.1 Å². The Bertz CT molecular complexity index is 1040. The molecular weight excluding hydrogens is 346 g/mol. The van der Waals surface area contributed by atoms with E-state index in [2.05, 4.69) is 26.4 Å². The predicted octanol–water partition coefficient (Wildman–Crippen LogP) is 0.380. The summed E-state index contributed by atoms with van der Waals surface area (Å²) in [5.41, 5.74) is 1.65. The lowest BCUT2D eigenvalue weighted by Gasteiger charge is -2.33. The SMILES string of the molecule is C=c1nc2c(c(=O)[nH]1)=Nc1ccccc1N2CCN1CCC(C(=O)O)CC1. The summed E-state index contributed by atoms with van der Waals surface area (Å²) < 4.78 is 0. The number of anilines is 2. The summed E-state index contributed by atoms with van der Waals surface area (Å²) in [5, 5.41) is 9.44. The highest BCUT2D eigenvalue weighted by molar-refractivity contribution is 5.75. The van der Waals surface area contributed by atoms with E-state index in [1.807, 2.05) is 29.2 Å². The van der Waals surface area contributed by atoms with E-state index >= 15 is 0 Å². The van der Waals surface area contributed by atoms with Crippen LogP contribution < -0.4 is 21.3 Å². The number of fused-ring (bicyclic) bond motifs is 2. The minimum atomic E-state index is -0.707. The normalized spacial score (nSPS) is 17.1. The molecular formula is C19H21N5O3. The van der Waals surface area contributed by atoms with Crippen LogP contribution in [0.5, 0.6) is 0 Å². The number of aromatic nitrogens is 2. The van der Waals surface area contributed by atoms with E-state index in [0.717, 1.165) is 31.0 Å². The Labute approximate surface area is 155 Å². The van der Waals surface area contributed by atoms with Gasteiger partial charge in [0.15, 0.2) is 11.2 Å². The molecule has 0 amide bonds. The number of H-pyrrole nitrogens is 1. The van der Waals surface area contributed by atoms with Crippen LogP contribution in [0.2, 0.25) is 0 Å². The molecule has 0 atom stereocenters. The average molecular weight is 367 g/mol. The largest absolute Gasteiger partial charge is 0.481 e. The highest BCUT2D eigenvalue weighted by atomic mass is 16.4. The van der Waals surface area contributed by atoms with E-state index in [4.69, 9.17) is 5.11 Å². The molecule has 1 fully saturated rings. The number of carboxylic acids is 1. The molecule has 0 bridgehead atoms. The Morgan fingerprint density at radius 3 is 2.74 bits per heavy atom. The summed E-state index contributed by atoms with van der Waals surface area (Å²) in [5.74, 6) is -0.435. The molecule has 1 saturated heterocycles. The third kappa shape index (κ3) is 3.35. The molecule has 2 aromatic rings. The van der Waals surface area contributed by atoms with E-state index in [1.165, 1.54) is 0 Å². The Morgan fingerprint density at radius 1 is 1.26 bits per heavy atom. The van der Waals surface area contributed by atoms with Gasteiger partial charge in [-0.25, -0.2) is 9.98 Å². The van der Waals surface area contributed by atoms with Crippen molar-refractivity contribution < 1.29 is 9.90 Å². The lowest BCUT2D eigenvalue weighted by Crippen LogP contribution is -2.45. The maximum absolute atomic E-state index is 12.3. The summed E-state index contributed by atoms with van der Waals surface area (Å²) in [7, 11) is 0. The van der Waals surface area contributed by atoms with Gasteiger partial charge >= 0.3 is 5.97 Å². The first kappa shape index (κ1) is 17.4. The van der Waals surface area contributed by atoms with Gasteiger partial charge in [-0.15, -0.1) is 0 Å². The van der Waals surface area contributed by atoms with Crippen LogP contribution in [0, 0.1) is 5.92 Å². The van der Waals surface area contributed by atoms with Crippen molar-refractivity contribution in [2.45, 2.75) is 12.8 Å². The smallest absolute Gasteiger partial charge is 0.306 e. The van der Waals surface area contributed by atoms with E-state index in [1.54, 1.807) is 0 Å². The number of carbonyl (C=O) groups is 1. The molecule has 2 aliphatic rings. The number of para-hydroxylation sites is 2. The Hall–Kier alpha value is -3.00. The molecule has 2 aliphatic heterocycles. The minimum absolute atomic E-state index is 0.245. The van der Waals surface area contributed by atoms with Gasteiger partial charge in [0.2, 0.25) is 0 Å². The highest BCUT2D eigenvalue weighted by Crippen LogP contribution is 2.33. The van der Waals surface area contributed by atoms with E-state index < -0.39 is 5.97 Å². The topological polar surface area (TPSA) is 102 Å². The highest BCUT2D eigenvalue weighted by Gasteiger charge is 2.26. The molecule has 2 N–H and O–H groups in total. The number of benzene rings is 1. The zero-order chi connectivity index (χ0) is 19.0. The van der Waals surface area contributed by atoms with Crippen molar-refractivity contribution in [1.82, 2.24) is 14.9 Å². The summed E-state index contributed by atoms with van der Waals surface area (Å²) >= 11 is 0. The van der Waals surface area contributed by atoms with E-state index in [-0.39, 0.29) is 11.5 Å². The van der Waals surface area contributed by atoms with Crippen LogP contribution in [-0.4, -0.2) is 52.1 Å². The van der Waals surface area contributed by atoms with Gasteiger partial charge in [0.05, 0.1) is 17.3 Å². The van der Waals surface area contributed by atoms with Crippen LogP contribution >= 0.6 is 0 Å². The van der Waals surface area contributed by atoms with Crippen LogP contribution in [0.25, 0.3) is 6.58 Å². The maximum Gasteiger partial charge on any atom is 0.306 e. The van der Waals surface area contributed by atoms with Gasteiger partial charge in [-0.05, 0) is 38.1 Å². The average Bonchev–Trinajstić information content (AvgIpc) is 2.66. The third-order valence-electron chi connectivity index (χ3n) is 5.16. The second kappa shape index (κ2) is 6.96. The van der Waals surface area contributed by atoms with Gasteiger partial charge in [-0.3, -0.25) is 9.59 Å². The van der Waals surface area contributed by atoms with Crippen molar-refractivity contribution in [3.8, 4) is 0 Å². The van der Waals surface area contributed by atoms with Crippen molar-refractivity contribution >= 4 is 29.7 Å². The minimum Gasteiger partial charge on any atom is -0.481 e. The van der Waals surface area contributed by atoms with Gasteiger partial charge in [0.25, 0.3) is 5.56 Å². The number of hydrogen-bond acceptors (Lipinski definition) is 6. The van der Waals surface area contributed by atoms with Crippen molar-refractivity contribution in [2.75, 3.05) is 31.1 Å². The fourth-order valence-electron chi connectivity index (χ4n) is 3.68. The van der Waals surface area contributed by atoms with E-state index in [0.29, 0.717) is 36.0 Å². The van der Waals surface area contributed by atoms with Crippen LogP contribution in [0.4, 0.5) is 17.2 Å². The molecule has 8 nitrogen and oxygen atoms in total. The molecule has 8 heteroatoms. The monoisotopic (exact) mass is 367 g/mol. The number of likely N-dealkylation sites (tertiary alicyclic amines) is 1. The first-order valence-electron chi connectivity index (χ1n) is 9.02. The third-order valence-corrected chi connectivity index (χ3v) is 5.16. The summed E-state index contributed by atoms with van der Waals surface area (Å²) in [6.45, 7) is 6.65. The fraction of sp³-hybridized carbons (Fsp3) is 0.368. The van der Waals surface area contributed by atoms with Gasteiger partial charge in [-0.1, -0.05) is 18.7 Å². The fourth-order valence-corrected chi connectivity index (χ4v) is 3.68. The molecule has 0 unspecified atom stereocenters. The number of piperidine rings is 1. The zero-order valence-corrected chi connectivity index (χ0v) is 14.9. The molecule has 1 aromatic carbocycles. The molecule has 1 aromatic heterocycles. The zero-order valence-electron chi connectivity index (χ0n) is 14.9. The molecule has 0 radical (unpaired) electrons. The summed E-state index contributed by atoms with van der Waals surface area (Å²) in [6.07, 6.45) is 1.33. The molecule has 4 rings (SSSR count). The number of rotatable bonds is 4. The van der Waals surface area contributed by atoms with Crippen LogP contribution in [-0.2, 0) is 4.79 Å². The Balaban J connectivity index is 1.60. The van der Waals surface area contributed by atoms with Gasteiger partial charge < -0.3 is 19.9 Å². The standard InChI is InChI=1S/C19H21N5O3/c1-12-20-17-16(18(25)21-12)22-14-4-2-3-5-15(14)24(17)11-10-23-8-6-13(7-9-23)19(26)27/h2-5,13H,1,6-11H2,(H,21,25)(H,26,27). The first-order valence-corrected chi connectivity index (χ1v) is 9.02. The molecule has 0 saturated carbocycles. The second-order valence-corrected chi connectivity index (χ2v) is 6.89. The van der Waals surface area contributed by atoms with Crippen molar-refractivity contribution in [2.24, 2.45) is 10.9 Å². The van der Waals surface area contributed by atoms with E-state index in [9.17, 15) is 9.59 Å². The number of nitrogens with zero attached hydrogens (tertiary/aromatic N) is 4. The van der Waals surface area contributed by atoms with Gasteiger partial charge in [-0.2, -0.15) is 0 Å². The van der Waals surface area contributed by atoms with Crippen molar-refractivity contribution in [3.05, 3.63) is 45.5 Å². The number of nitrogens with one attached hydrogen (secondary N) is 1. The number of aromatic amines is 1. The summed E-state index contributed by atoms with van der Waals surface area (Å²) in [4.78, 5) is 39.2. The lowest BCUT2D eigenvalue weighted by molar-refractivity contribution is -0.143. The molecule has 0 aliphatic carbocycles. The number of aliphatic carboxylic acids is 1. The second-order valence-electron chi connectivity index (χ2n) is 6.89. The van der Waals surface area contributed by atoms with Crippen LogP contribution in [0.15, 0.2) is 34.1 Å². The van der Waals surface area contributed by atoms with Crippen LogP contribution in [0.1, 0.15) is 12.8 Å². The quantitative estimate of drug-likeness (QED) is 0.810. The Kier molecular flexibility index (Phi) is 4.49. The van der Waals surface area contributed by atoms with Crippen molar-refractivity contribution in [1.29, 1.82) is 0 Å². The molecule has 0 spiro atoms. The predicted molar refractivity (Wildman–Crippen MR) is 101 cm³/mol. The first-order chi connectivity index (χ1) is 13.0. The van der Waals surface area contributed by atoms with Crippen molar-refractivity contribution in [3.63, 3.8) is 0 Å². The molecule has 27 heavy (non-hydrogen) atoms. The lowest BCUT2D eigenvalue weighted by atomic mass is 9.97. The molecule has 140 valence electrons. The molecule has 3 heterocycles. The number of hydrogen-bond donors (Lipinski definition) is 2. The van der Waals surface area contributed by atoms with Crippen LogP contribution in [0.3, 0.4) is 0 Å². The maximum atomic E-state index is 12.3. The number of carboxylic acid groups (broad SMARTS) is 1. The Morgan fingerprint density at radius 2 is 2.00 bits per heavy atom. The van der Waals surface area contributed by atoms with Gasteiger partial charge in [0.1, 0.15) is 5.48 Å².